The standard InChI is InChI=1S/C33H41ClF3N7O7S/c1-31(2,3)51-30(46)43-19-21(18-32(43,4)5)49-16-13-38-24-7-6-8-27(39-24)52(47,48)42-29(45)22-9-10-25(40-28(22)34)44-14-11-26(41-44)50-15-12-20-17-23(20)33(35,36)37/h6-11,14,20-21,23H,12-13,15-19H2,1-5H3,(H,38,39)(H,42,45). The van der Waals surface area contributed by atoms with Gasteiger partial charge in [0.2, 0.25) is 5.88 Å². The van der Waals surface area contributed by atoms with Gasteiger partial charge in [0.25, 0.3) is 15.9 Å². The third-order valence-electron chi connectivity index (χ3n) is 8.41. The summed E-state index contributed by atoms with van der Waals surface area (Å²) in [6.07, 6.45) is -2.37. The molecule has 14 nitrogen and oxygen atoms in total. The van der Waals surface area contributed by atoms with Gasteiger partial charge in [-0.05, 0) is 84.1 Å². The van der Waals surface area contributed by atoms with Gasteiger partial charge in [0.1, 0.15) is 16.6 Å². The number of hydrogen-bond acceptors (Lipinski definition) is 11. The molecule has 2 N–H and O–H groups in total. The zero-order chi connectivity index (χ0) is 38.1. The van der Waals surface area contributed by atoms with Crippen molar-refractivity contribution in [3.63, 3.8) is 0 Å². The van der Waals surface area contributed by atoms with E-state index in [4.69, 9.17) is 25.8 Å². The van der Waals surface area contributed by atoms with Crippen LogP contribution in [0.5, 0.6) is 5.88 Å². The van der Waals surface area contributed by atoms with Crippen LogP contribution in [0, 0.1) is 11.8 Å². The highest BCUT2D eigenvalue weighted by Gasteiger charge is 2.55. The minimum atomic E-state index is -4.43. The van der Waals surface area contributed by atoms with E-state index in [1.807, 2.05) is 39.3 Å². The van der Waals surface area contributed by atoms with Gasteiger partial charge in [-0.1, -0.05) is 17.7 Å². The van der Waals surface area contributed by atoms with Crippen molar-refractivity contribution in [3.05, 3.63) is 53.3 Å². The number of nitrogens with zero attached hydrogens (tertiary/aromatic N) is 5. The fourth-order valence-electron chi connectivity index (χ4n) is 5.75. The summed E-state index contributed by atoms with van der Waals surface area (Å²) in [4.78, 5) is 35.5. The number of rotatable bonds is 13. The number of aromatic nitrogens is 4. The Bertz CT molecular complexity index is 1890. The smallest absolute Gasteiger partial charge is 0.410 e. The number of halogens is 4. The third kappa shape index (κ3) is 10.0. The number of anilines is 1. The van der Waals surface area contributed by atoms with Gasteiger partial charge < -0.3 is 24.4 Å². The molecule has 4 heterocycles. The van der Waals surface area contributed by atoms with Crippen molar-refractivity contribution in [2.75, 3.05) is 31.6 Å². The van der Waals surface area contributed by atoms with E-state index in [0.29, 0.717) is 13.0 Å². The molecule has 2 aliphatic rings. The van der Waals surface area contributed by atoms with E-state index in [1.54, 1.807) is 11.0 Å². The van der Waals surface area contributed by atoms with Crippen LogP contribution in [0.3, 0.4) is 0 Å². The van der Waals surface area contributed by atoms with E-state index in [-0.39, 0.29) is 66.9 Å². The molecule has 3 unspecified atom stereocenters. The summed E-state index contributed by atoms with van der Waals surface area (Å²) in [7, 11) is -4.43. The highest BCUT2D eigenvalue weighted by molar-refractivity contribution is 7.90. The lowest BCUT2D eigenvalue weighted by molar-refractivity contribution is -0.151. The molecule has 5 rings (SSSR count). The molecule has 3 aromatic heterocycles. The SMILES string of the molecule is CC(C)(C)OC(=O)N1CC(OCCNc2cccc(S(=O)(=O)NC(=O)c3ccc(-n4ccc(OCCC5CC5C(F)(F)F)n4)nc3Cl)n2)CC1(C)C. The van der Waals surface area contributed by atoms with Crippen LogP contribution in [0.1, 0.15) is 64.2 Å². The summed E-state index contributed by atoms with van der Waals surface area (Å²) < 4.78 is 84.5. The van der Waals surface area contributed by atoms with Crippen molar-refractivity contribution in [2.24, 2.45) is 11.8 Å². The van der Waals surface area contributed by atoms with Crippen LogP contribution in [0.15, 0.2) is 47.6 Å². The van der Waals surface area contributed by atoms with Crippen molar-refractivity contribution < 1.29 is 45.4 Å². The Balaban J connectivity index is 1.10. The third-order valence-corrected chi connectivity index (χ3v) is 9.93. The minimum absolute atomic E-state index is 0.0645. The lowest BCUT2D eigenvalue weighted by Crippen LogP contribution is -2.45. The number of carbonyl (C=O) groups is 2. The first-order valence-corrected chi connectivity index (χ1v) is 18.4. The predicted octanol–water partition coefficient (Wildman–Crippen LogP) is 5.62. The minimum Gasteiger partial charge on any atom is -0.477 e. The number of alkyl halides is 3. The van der Waals surface area contributed by atoms with Crippen molar-refractivity contribution in [3.8, 4) is 11.7 Å². The van der Waals surface area contributed by atoms with E-state index >= 15 is 0 Å². The lowest BCUT2D eigenvalue weighted by atomic mass is 10.0. The number of sulfonamides is 1. The predicted molar refractivity (Wildman–Crippen MR) is 183 cm³/mol. The van der Waals surface area contributed by atoms with Crippen molar-refractivity contribution >= 4 is 39.4 Å². The van der Waals surface area contributed by atoms with Gasteiger partial charge in [-0.3, -0.25) is 4.79 Å². The molecule has 1 aliphatic carbocycles. The molecule has 2 fully saturated rings. The summed E-state index contributed by atoms with van der Waals surface area (Å²) in [6, 6.07) is 8.40. The molecule has 1 aliphatic heterocycles. The fourth-order valence-corrected chi connectivity index (χ4v) is 6.92. The second-order valence-corrected chi connectivity index (χ2v) is 16.2. The molecule has 19 heteroatoms. The molecular weight excluding hydrogens is 731 g/mol. The van der Waals surface area contributed by atoms with Crippen LogP contribution in [0.2, 0.25) is 5.15 Å². The largest absolute Gasteiger partial charge is 0.477 e. The molecule has 284 valence electrons. The number of amides is 2. The summed E-state index contributed by atoms with van der Waals surface area (Å²) in [5.41, 5.74) is -1.30. The average molecular weight is 772 g/mol. The second kappa shape index (κ2) is 15.1. The molecular formula is C33H41ClF3N7O7S. The van der Waals surface area contributed by atoms with Gasteiger partial charge in [-0.2, -0.15) is 21.6 Å². The van der Waals surface area contributed by atoms with Gasteiger partial charge in [0.15, 0.2) is 10.8 Å². The number of ether oxygens (including phenoxy) is 3. The zero-order valence-corrected chi connectivity index (χ0v) is 30.8. The molecule has 0 radical (unpaired) electrons. The van der Waals surface area contributed by atoms with Gasteiger partial charge in [0.05, 0.1) is 37.3 Å². The van der Waals surface area contributed by atoms with Gasteiger partial charge in [-0.25, -0.2) is 24.2 Å². The van der Waals surface area contributed by atoms with Crippen LogP contribution in [-0.2, 0) is 19.5 Å². The normalized spacial score (nSPS) is 20.0. The van der Waals surface area contributed by atoms with Crippen LogP contribution in [-0.4, -0.2) is 94.8 Å². The Kier molecular flexibility index (Phi) is 11.3. The maximum Gasteiger partial charge on any atom is 0.410 e. The molecule has 1 saturated heterocycles. The molecule has 3 aromatic rings. The van der Waals surface area contributed by atoms with E-state index < -0.39 is 56.2 Å². The number of carbonyl (C=O) groups excluding carboxylic acids is 2. The Labute approximate surface area is 304 Å². The molecule has 52 heavy (non-hydrogen) atoms. The summed E-state index contributed by atoms with van der Waals surface area (Å²) >= 11 is 6.25. The van der Waals surface area contributed by atoms with Crippen molar-refractivity contribution in [1.29, 1.82) is 0 Å². The summed E-state index contributed by atoms with van der Waals surface area (Å²) in [5.74, 6) is -2.21. The molecule has 0 spiro atoms. The highest BCUT2D eigenvalue weighted by Crippen LogP contribution is 2.51. The van der Waals surface area contributed by atoms with Gasteiger partial charge in [0, 0.05) is 24.3 Å². The van der Waals surface area contributed by atoms with Crippen LogP contribution in [0.25, 0.3) is 5.82 Å². The van der Waals surface area contributed by atoms with Crippen molar-refractivity contribution in [1.82, 2.24) is 29.4 Å². The van der Waals surface area contributed by atoms with Gasteiger partial charge in [-0.15, -0.1) is 5.10 Å². The average Bonchev–Trinajstić information content (AvgIpc) is 3.56. The number of likely N-dealkylation sites (tertiary alicyclic amines) is 1. The number of nitrogens with one attached hydrogen (secondary N) is 2. The molecule has 0 bridgehead atoms. The molecule has 1 saturated carbocycles. The lowest BCUT2D eigenvalue weighted by Gasteiger charge is -2.33. The van der Waals surface area contributed by atoms with Crippen LogP contribution >= 0.6 is 11.6 Å². The van der Waals surface area contributed by atoms with E-state index in [1.165, 1.54) is 41.2 Å². The Hall–Kier alpha value is -4.16. The number of pyridine rings is 2. The molecule has 3 atom stereocenters. The Morgan fingerprint density at radius 3 is 2.50 bits per heavy atom. The first-order valence-electron chi connectivity index (χ1n) is 16.5. The monoisotopic (exact) mass is 771 g/mol. The van der Waals surface area contributed by atoms with Crippen molar-refractivity contribution in [2.45, 2.75) is 82.3 Å². The van der Waals surface area contributed by atoms with Gasteiger partial charge >= 0.3 is 12.3 Å². The Morgan fingerprint density at radius 1 is 1.08 bits per heavy atom. The topological polar surface area (TPSA) is 167 Å². The second-order valence-electron chi connectivity index (χ2n) is 14.2. The zero-order valence-electron chi connectivity index (χ0n) is 29.2. The van der Waals surface area contributed by atoms with Crippen LogP contribution < -0.4 is 14.8 Å². The van der Waals surface area contributed by atoms with E-state index in [9.17, 15) is 31.2 Å². The first kappa shape index (κ1) is 39.1. The first-order chi connectivity index (χ1) is 24.2. The van der Waals surface area contributed by atoms with Crippen LogP contribution in [0.4, 0.5) is 23.8 Å². The number of hydrogen-bond donors (Lipinski definition) is 2. The molecule has 0 aromatic carbocycles. The quantitative estimate of drug-likeness (QED) is 0.164. The van der Waals surface area contributed by atoms with E-state index in [0.717, 1.165) is 0 Å². The Morgan fingerprint density at radius 2 is 1.83 bits per heavy atom. The van der Waals surface area contributed by atoms with E-state index in [2.05, 4.69) is 20.4 Å². The molecule has 2 amide bonds. The summed E-state index contributed by atoms with van der Waals surface area (Å²) in [5, 5.41) is 6.45. The summed E-state index contributed by atoms with van der Waals surface area (Å²) in [6.45, 7) is 10.3. The fraction of sp³-hybridized carbons (Fsp3) is 0.545. The highest BCUT2D eigenvalue weighted by atomic mass is 35.5. The maximum atomic E-state index is 13.1. The maximum absolute atomic E-state index is 13.1.